The summed E-state index contributed by atoms with van der Waals surface area (Å²) in [5.41, 5.74) is 0.130. The van der Waals surface area contributed by atoms with E-state index in [-0.39, 0.29) is 5.56 Å². The molecule has 1 nitrogen and oxygen atoms in total. The molecule has 0 N–H and O–H groups in total. The Morgan fingerprint density at radius 1 is 1.06 bits per heavy atom. The smallest absolute Gasteiger partial charge is 0.194 e. The molecule has 1 heterocycles. The molecule has 0 saturated carbocycles. The Labute approximate surface area is 93.2 Å². The van der Waals surface area contributed by atoms with Crippen LogP contribution in [-0.2, 0) is 0 Å². The van der Waals surface area contributed by atoms with Crippen molar-refractivity contribution in [3.8, 4) is 0 Å². The molecule has 0 aliphatic carbocycles. The first-order valence-corrected chi connectivity index (χ1v) is 5.25. The molecule has 5 heteroatoms. The van der Waals surface area contributed by atoms with Gasteiger partial charge < -0.3 is 0 Å². The number of hydrogen-bond acceptors (Lipinski definition) is 2. The lowest BCUT2D eigenvalue weighted by atomic mass is 10.1. The Hall–Kier alpha value is -1.62. The van der Waals surface area contributed by atoms with Gasteiger partial charge in [0.25, 0.3) is 0 Å². The van der Waals surface area contributed by atoms with E-state index in [0.717, 1.165) is 0 Å². The van der Waals surface area contributed by atoms with Gasteiger partial charge in [-0.1, -0.05) is 0 Å². The highest BCUT2D eigenvalue weighted by Gasteiger charge is 2.16. The van der Waals surface area contributed by atoms with Crippen LogP contribution in [-0.4, -0.2) is 5.78 Å². The van der Waals surface area contributed by atoms with E-state index in [9.17, 15) is 18.0 Å². The molecule has 16 heavy (non-hydrogen) atoms. The van der Waals surface area contributed by atoms with Crippen molar-refractivity contribution < 1.29 is 18.0 Å². The zero-order chi connectivity index (χ0) is 11.7. The summed E-state index contributed by atoms with van der Waals surface area (Å²) in [6.07, 6.45) is 0. The van der Waals surface area contributed by atoms with E-state index >= 15 is 0 Å². The van der Waals surface area contributed by atoms with Crippen molar-refractivity contribution >= 4 is 17.1 Å². The van der Waals surface area contributed by atoms with Crippen LogP contribution in [0.1, 0.15) is 15.9 Å². The molecular formula is C11H5F3OS. The van der Waals surface area contributed by atoms with Crippen LogP contribution < -0.4 is 0 Å². The Bertz CT molecular complexity index is 511. The van der Waals surface area contributed by atoms with Crippen LogP contribution in [0.4, 0.5) is 13.2 Å². The van der Waals surface area contributed by atoms with Gasteiger partial charge >= 0.3 is 0 Å². The first-order chi connectivity index (χ1) is 7.59. The van der Waals surface area contributed by atoms with Crippen molar-refractivity contribution in [1.29, 1.82) is 0 Å². The first-order valence-electron chi connectivity index (χ1n) is 4.31. The monoisotopic (exact) mass is 242 g/mol. The highest BCUT2D eigenvalue weighted by molar-refractivity contribution is 7.08. The minimum atomic E-state index is -1.57. The predicted octanol–water partition coefficient (Wildman–Crippen LogP) is 3.40. The molecular weight excluding hydrogens is 237 g/mol. The largest absolute Gasteiger partial charge is 0.289 e. The van der Waals surface area contributed by atoms with Gasteiger partial charge in [0.2, 0.25) is 0 Å². The van der Waals surface area contributed by atoms with Crippen molar-refractivity contribution in [2.24, 2.45) is 0 Å². The summed E-state index contributed by atoms with van der Waals surface area (Å²) in [6, 6.07) is 2.92. The van der Waals surface area contributed by atoms with Gasteiger partial charge in [0, 0.05) is 16.5 Å². The maximum atomic E-state index is 12.9. The Morgan fingerprint density at radius 2 is 1.69 bits per heavy atom. The molecule has 0 radical (unpaired) electrons. The summed E-state index contributed by atoms with van der Waals surface area (Å²) in [5.74, 6) is -4.82. The molecule has 0 spiro atoms. The maximum Gasteiger partial charge on any atom is 0.194 e. The number of hydrogen-bond donors (Lipinski definition) is 0. The van der Waals surface area contributed by atoms with Gasteiger partial charge in [-0.15, -0.1) is 0 Å². The normalized spacial score (nSPS) is 10.4. The quantitative estimate of drug-likeness (QED) is 0.582. The van der Waals surface area contributed by atoms with Crippen molar-refractivity contribution in [3.05, 3.63) is 57.5 Å². The molecule has 2 rings (SSSR count). The fourth-order valence-electron chi connectivity index (χ4n) is 1.25. The highest BCUT2D eigenvalue weighted by Crippen LogP contribution is 2.18. The summed E-state index contributed by atoms with van der Waals surface area (Å²) in [5, 5.41) is 3.23. The summed E-state index contributed by atoms with van der Waals surface area (Å²) in [7, 11) is 0. The molecule has 1 aromatic heterocycles. The molecule has 82 valence electrons. The van der Waals surface area contributed by atoms with Gasteiger partial charge in [0.15, 0.2) is 23.2 Å². The van der Waals surface area contributed by atoms with E-state index in [1.165, 1.54) is 17.4 Å². The third-order valence-corrected chi connectivity index (χ3v) is 2.71. The lowest BCUT2D eigenvalue weighted by Gasteiger charge is -2.00. The SMILES string of the molecule is O=C(c1ccsc1)c1cc(F)c(F)c(F)c1. The minimum Gasteiger partial charge on any atom is -0.289 e. The van der Waals surface area contributed by atoms with Crippen molar-refractivity contribution in [3.63, 3.8) is 0 Å². The molecule has 0 amide bonds. The fraction of sp³-hybridized carbons (Fsp3) is 0. The van der Waals surface area contributed by atoms with Crippen molar-refractivity contribution in [2.75, 3.05) is 0 Å². The number of halogens is 3. The topological polar surface area (TPSA) is 17.1 Å². The van der Waals surface area contributed by atoms with Gasteiger partial charge in [-0.3, -0.25) is 4.79 Å². The Kier molecular flexibility index (Phi) is 2.78. The van der Waals surface area contributed by atoms with Crippen molar-refractivity contribution in [1.82, 2.24) is 0 Å². The lowest BCUT2D eigenvalue weighted by molar-refractivity contribution is 0.103. The number of benzene rings is 1. The highest BCUT2D eigenvalue weighted by atomic mass is 32.1. The molecule has 0 saturated heterocycles. The standard InChI is InChI=1S/C11H5F3OS/c12-8-3-7(4-9(13)10(8)14)11(15)6-1-2-16-5-6/h1-5H. The van der Waals surface area contributed by atoms with Crippen LogP contribution in [0.2, 0.25) is 0 Å². The third kappa shape index (κ3) is 1.86. The van der Waals surface area contributed by atoms with E-state index in [4.69, 9.17) is 0 Å². The predicted molar refractivity (Wildman–Crippen MR) is 54.1 cm³/mol. The summed E-state index contributed by atoms with van der Waals surface area (Å²) in [4.78, 5) is 11.7. The number of carbonyl (C=O) groups excluding carboxylic acids is 1. The van der Waals surface area contributed by atoms with Crippen LogP contribution in [0.25, 0.3) is 0 Å². The third-order valence-electron chi connectivity index (χ3n) is 2.03. The minimum absolute atomic E-state index is 0.199. The molecule has 1 aromatic carbocycles. The molecule has 0 aliphatic heterocycles. The number of ketones is 1. The summed E-state index contributed by atoms with van der Waals surface area (Å²) >= 11 is 1.29. The number of carbonyl (C=O) groups is 1. The van der Waals surface area contributed by atoms with Gasteiger partial charge in [-0.25, -0.2) is 13.2 Å². The van der Waals surface area contributed by atoms with E-state index in [0.29, 0.717) is 17.7 Å². The molecule has 0 aliphatic rings. The fourth-order valence-corrected chi connectivity index (χ4v) is 1.88. The van der Waals surface area contributed by atoms with Crippen molar-refractivity contribution in [2.45, 2.75) is 0 Å². The Balaban J connectivity index is 2.46. The lowest BCUT2D eigenvalue weighted by Crippen LogP contribution is -2.03. The van der Waals surface area contributed by atoms with E-state index in [1.807, 2.05) is 0 Å². The molecule has 0 fully saturated rings. The number of rotatable bonds is 2. The van der Waals surface area contributed by atoms with Gasteiger partial charge in [0.1, 0.15) is 0 Å². The van der Waals surface area contributed by atoms with Crippen LogP contribution >= 0.6 is 11.3 Å². The molecule has 0 atom stereocenters. The van der Waals surface area contributed by atoms with Crippen LogP contribution in [0.3, 0.4) is 0 Å². The molecule has 0 unspecified atom stereocenters. The van der Waals surface area contributed by atoms with Crippen LogP contribution in [0.15, 0.2) is 29.0 Å². The second kappa shape index (κ2) is 4.09. The van der Waals surface area contributed by atoms with Crippen LogP contribution in [0.5, 0.6) is 0 Å². The van der Waals surface area contributed by atoms with E-state index < -0.39 is 23.2 Å². The molecule has 0 bridgehead atoms. The van der Waals surface area contributed by atoms with E-state index in [2.05, 4.69) is 0 Å². The summed E-state index contributed by atoms with van der Waals surface area (Å²) in [6.45, 7) is 0. The summed E-state index contributed by atoms with van der Waals surface area (Å²) < 4.78 is 38.4. The first kappa shape index (κ1) is 10.9. The van der Waals surface area contributed by atoms with Gasteiger partial charge in [-0.05, 0) is 23.6 Å². The average Bonchev–Trinajstić information content (AvgIpc) is 2.77. The maximum absolute atomic E-state index is 12.9. The second-order valence-electron chi connectivity index (χ2n) is 3.10. The zero-order valence-corrected chi connectivity index (χ0v) is 8.65. The van der Waals surface area contributed by atoms with Crippen LogP contribution in [0, 0.1) is 17.5 Å². The van der Waals surface area contributed by atoms with E-state index in [1.54, 1.807) is 10.8 Å². The van der Waals surface area contributed by atoms with Gasteiger partial charge in [-0.2, -0.15) is 11.3 Å². The second-order valence-corrected chi connectivity index (χ2v) is 3.88. The van der Waals surface area contributed by atoms with Gasteiger partial charge in [0.05, 0.1) is 0 Å². The zero-order valence-electron chi connectivity index (χ0n) is 7.84. The molecule has 2 aromatic rings. The average molecular weight is 242 g/mol. The Morgan fingerprint density at radius 3 is 2.19 bits per heavy atom. The number of thiophene rings is 1.